The molecule has 67 heavy (non-hydrogen) atoms. The Morgan fingerprint density at radius 3 is 1.43 bits per heavy atom. The van der Waals surface area contributed by atoms with Gasteiger partial charge < -0.3 is 9.47 Å². The molecular weight excluding hydrogens is 1080 g/mol. The van der Waals surface area contributed by atoms with Crippen molar-refractivity contribution >= 4 is 33.0 Å². The van der Waals surface area contributed by atoms with Crippen LogP contribution >= 0.6 is 11.8 Å². The Balaban J connectivity index is 0.000000266. The quantitative estimate of drug-likeness (QED) is 0.0697. The van der Waals surface area contributed by atoms with Crippen molar-refractivity contribution in [3.05, 3.63) is 127 Å². The van der Waals surface area contributed by atoms with E-state index in [4.69, 9.17) is 23.6 Å². The first-order valence-corrected chi connectivity index (χ1v) is 29.4. The molecule has 2 aliphatic rings. The molecule has 19 heteroatoms. The van der Waals surface area contributed by atoms with E-state index >= 15 is 0 Å². The Morgan fingerprint density at radius 1 is 0.627 bits per heavy atom. The molecule has 16 nitrogen and oxygen atoms in total. The number of methoxy groups -OCH3 is 2. The first-order valence-electron chi connectivity index (χ1n) is 22.6. The second kappa shape index (κ2) is 25.1. The number of sulfone groups is 1. The minimum absolute atomic E-state index is 0.00901. The Morgan fingerprint density at radius 2 is 1.01 bits per heavy atom. The average molecular weight is 1140 g/mol. The Labute approximate surface area is 400 Å². The summed E-state index contributed by atoms with van der Waals surface area (Å²) in [7, 11) is -0.404. The van der Waals surface area contributed by atoms with Crippen LogP contribution in [0.3, 0.4) is 0 Å². The van der Waals surface area contributed by atoms with E-state index in [0.29, 0.717) is 11.3 Å². The molecule has 0 radical (unpaired) electrons. The molecule has 4 aromatic carbocycles. The third kappa shape index (κ3) is 15.7. The van der Waals surface area contributed by atoms with Crippen LogP contribution in [0.2, 0.25) is 0 Å². The fourth-order valence-corrected chi connectivity index (χ4v) is 12.1. The summed E-state index contributed by atoms with van der Waals surface area (Å²) in [4.78, 5) is 23.5. The molecule has 0 spiro atoms. The number of nitrogens with zero attached hydrogens (tertiary/aromatic N) is 2. The molecule has 0 aromatic heterocycles. The second-order valence-electron chi connectivity index (χ2n) is 17.0. The molecule has 0 fully saturated rings. The maximum absolute atomic E-state index is 13.6. The molecule has 0 bridgehead atoms. The summed E-state index contributed by atoms with van der Waals surface area (Å²) < 4.78 is 72.3. The number of unbranched alkanes of at least 4 members (excludes halogenated alkanes) is 4. The van der Waals surface area contributed by atoms with Gasteiger partial charge in [-0.1, -0.05) is 103 Å². The minimum atomic E-state index is -6.06. The molecule has 2 aliphatic heterocycles. The van der Waals surface area contributed by atoms with Crippen molar-refractivity contribution in [3.8, 4) is 11.5 Å². The van der Waals surface area contributed by atoms with Gasteiger partial charge in [0.1, 0.15) is 11.5 Å². The van der Waals surface area contributed by atoms with E-state index < -0.39 is 41.2 Å². The van der Waals surface area contributed by atoms with Crippen LogP contribution in [0, 0.1) is 20.2 Å². The van der Waals surface area contributed by atoms with Crippen LogP contribution in [0.15, 0.2) is 94.7 Å². The van der Waals surface area contributed by atoms with E-state index in [1.165, 1.54) is 31.0 Å². The molecule has 2 atom stereocenters. The monoisotopic (exact) mass is 1140 g/mol. The number of ether oxygens (including phenoxy) is 2. The van der Waals surface area contributed by atoms with E-state index in [-0.39, 0.29) is 38.5 Å². The van der Waals surface area contributed by atoms with Crippen molar-refractivity contribution in [2.24, 2.45) is 0 Å². The van der Waals surface area contributed by atoms with Crippen molar-refractivity contribution in [1.29, 1.82) is 0 Å². The van der Waals surface area contributed by atoms with Crippen LogP contribution in [0.4, 0.5) is 11.4 Å². The standard InChI is InChI=1S/C24H32N2O5S.C24H32N2O3S.4O.Os/c1-4-6-14-24(15-7-5-2)17-32(29,30)22-13-10-19(26(27)28)16-21(22)23(25-24)18-8-11-20(31-3)12-9-18;1-4-6-14-24(15-7-5-2)17-30-22-13-10-19(26(27)28)16-21(22)23(25-24)18-8-11-20(29-3)12-9-18;;;;;/h8-13,16,23,25H,4-7,14-15,17H2,1-3H3;8-13,16,23,25H,4-7,14-15,17H2,1-3H3;;;;;. The molecule has 2 N–H and O–H groups in total. The first-order chi connectivity index (χ1) is 31.8. The summed E-state index contributed by atoms with van der Waals surface area (Å²) in [6, 6.07) is 24.3. The fraction of sp³-hybridized carbons (Fsp3) is 0.500. The van der Waals surface area contributed by atoms with Crippen molar-refractivity contribution in [1.82, 2.24) is 10.6 Å². The number of hydrogen-bond donors (Lipinski definition) is 2. The molecule has 4 aromatic rings. The van der Waals surface area contributed by atoms with Gasteiger partial charge in [-0.15, -0.1) is 11.8 Å². The third-order valence-corrected chi connectivity index (χ3v) is 15.5. The van der Waals surface area contributed by atoms with Crippen LogP contribution in [0.25, 0.3) is 0 Å². The van der Waals surface area contributed by atoms with Gasteiger partial charge in [0.05, 0.1) is 46.8 Å². The van der Waals surface area contributed by atoms with Gasteiger partial charge in [-0.3, -0.25) is 30.9 Å². The number of nitrogens with one attached hydrogen (secondary N) is 2. The summed E-state index contributed by atoms with van der Waals surface area (Å²) in [6.07, 6.45) is 12.1. The normalized spacial score (nSPS) is 17.9. The van der Waals surface area contributed by atoms with Crippen molar-refractivity contribution in [2.45, 2.75) is 138 Å². The zero-order chi connectivity index (χ0) is 49.4. The molecule has 6 rings (SSSR count). The topological polar surface area (TPSA) is 231 Å². The SMILES string of the molecule is CCCCC1(CCCC)CS(=O)(=O)c2ccc([N+](=O)[O-])cc2C(c2ccc(OC)cc2)N1.CCCCC1(CCCC)CSc2ccc([N+](=O)[O-])cc2C(c2ccc(OC)cc2)N1.[O]=[Os](=[O])(=[O])=[O]. The van der Waals surface area contributed by atoms with Crippen molar-refractivity contribution in [3.63, 3.8) is 0 Å². The molecule has 2 heterocycles. The van der Waals surface area contributed by atoms with E-state index in [9.17, 15) is 28.6 Å². The fourth-order valence-electron chi connectivity index (χ4n) is 8.68. The van der Waals surface area contributed by atoms with Gasteiger partial charge in [-0.2, -0.15) is 0 Å². The number of nitro groups is 2. The summed E-state index contributed by atoms with van der Waals surface area (Å²) in [5.74, 6) is 2.46. The van der Waals surface area contributed by atoms with Gasteiger partial charge in [0.2, 0.25) is 0 Å². The average Bonchev–Trinajstić information content (AvgIpc) is 3.52. The molecular formula is C48H64N4O12OsS2. The van der Waals surface area contributed by atoms with Crippen LogP contribution < -0.4 is 20.1 Å². The maximum atomic E-state index is 13.6. The third-order valence-electron chi connectivity index (χ3n) is 12.2. The predicted octanol–water partition coefficient (Wildman–Crippen LogP) is 11.2. The molecule has 368 valence electrons. The van der Waals surface area contributed by atoms with Crippen LogP contribution in [0.5, 0.6) is 11.5 Å². The Bertz CT molecular complexity index is 2600. The van der Waals surface area contributed by atoms with Gasteiger partial charge in [0.25, 0.3) is 11.4 Å². The summed E-state index contributed by atoms with van der Waals surface area (Å²) in [5.41, 5.74) is 2.81. The predicted molar refractivity (Wildman–Crippen MR) is 251 cm³/mol. The Hall–Kier alpha value is -4.66. The first kappa shape index (κ1) is 54.9. The molecule has 0 saturated carbocycles. The van der Waals surface area contributed by atoms with E-state index in [1.807, 2.05) is 54.2 Å². The van der Waals surface area contributed by atoms with Crippen LogP contribution in [-0.2, 0) is 38.8 Å². The second-order valence-corrected chi connectivity index (χ2v) is 22.6. The van der Waals surface area contributed by atoms with Gasteiger partial charge in [-0.25, -0.2) is 8.42 Å². The summed E-state index contributed by atoms with van der Waals surface area (Å²) >= 11 is -4.22. The molecule has 0 saturated heterocycles. The van der Waals surface area contributed by atoms with E-state index in [2.05, 4.69) is 50.5 Å². The van der Waals surface area contributed by atoms with Gasteiger partial charge in [-0.05, 0) is 84.3 Å². The van der Waals surface area contributed by atoms with Gasteiger partial charge in [0.15, 0.2) is 9.84 Å². The van der Waals surface area contributed by atoms with E-state index in [1.54, 1.807) is 26.4 Å². The van der Waals surface area contributed by atoms with E-state index in [0.717, 1.165) is 97.3 Å². The number of nitro benzene ring substituents is 2. The number of fused-ring (bicyclic) bond motifs is 2. The van der Waals surface area contributed by atoms with Gasteiger partial charge in [0, 0.05) is 46.0 Å². The molecule has 0 amide bonds. The van der Waals surface area contributed by atoms with Crippen LogP contribution in [0.1, 0.15) is 139 Å². The van der Waals surface area contributed by atoms with Crippen molar-refractivity contribution < 1.29 is 56.7 Å². The number of rotatable bonds is 18. The molecule has 0 aliphatic carbocycles. The Kier molecular flexibility index (Phi) is 20.6. The van der Waals surface area contributed by atoms with Crippen molar-refractivity contribution in [2.75, 3.05) is 25.7 Å². The zero-order valence-electron chi connectivity index (χ0n) is 39.1. The molecule has 2 unspecified atom stereocenters. The summed E-state index contributed by atoms with van der Waals surface area (Å²) in [5, 5.41) is 30.6. The summed E-state index contributed by atoms with van der Waals surface area (Å²) in [6.45, 7) is 8.66. The number of benzene rings is 4. The van der Waals surface area contributed by atoms with Gasteiger partial charge >= 0.3 is 29.0 Å². The number of thioether (sulfide) groups is 1. The number of non-ortho nitro benzene ring substituents is 2. The number of hydrogen-bond acceptors (Lipinski definition) is 15. The zero-order valence-corrected chi connectivity index (χ0v) is 43.3. The van der Waals surface area contributed by atoms with Crippen LogP contribution in [-0.4, -0.2) is 55.1 Å².